The lowest BCUT2D eigenvalue weighted by Gasteiger charge is -2.08. The quantitative estimate of drug-likeness (QED) is 0.532. The zero-order chi connectivity index (χ0) is 16.8. The molecular formula is C20H14ClNO2. The van der Waals surface area contributed by atoms with Crippen LogP contribution in [0.5, 0.6) is 0 Å². The Morgan fingerprint density at radius 2 is 1.67 bits per heavy atom. The normalized spacial score (nSPS) is 11.4. The minimum Gasteiger partial charge on any atom is -0.342 e. The van der Waals surface area contributed by atoms with Gasteiger partial charge in [0.05, 0.1) is 5.56 Å². The van der Waals surface area contributed by atoms with Crippen LogP contribution < -0.4 is 10.9 Å². The molecule has 0 N–H and O–H groups in total. The molecule has 1 aromatic heterocycles. The van der Waals surface area contributed by atoms with Crippen LogP contribution in [0.1, 0.15) is 11.1 Å². The van der Waals surface area contributed by atoms with Crippen LogP contribution in [-0.2, 0) is 6.54 Å². The van der Waals surface area contributed by atoms with Gasteiger partial charge in [-0.3, -0.25) is 9.59 Å². The van der Waals surface area contributed by atoms with Crippen molar-refractivity contribution in [1.82, 2.24) is 4.57 Å². The zero-order valence-electron chi connectivity index (χ0n) is 13.0. The molecule has 4 aromatic rings. The van der Waals surface area contributed by atoms with E-state index in [0.717, 1.165) is 16.5 Å². The van der Waals surface area contributed by atoms with Gasteiger partial charge in [0.25, 0.3) is 0 Å². The number of aromatic nitrogens is 1. The molecule has 0 unspecified atom stereocenters. The average Bonchev–Trinajstić information content (AvgIpc) is 2.95. The van der Waals surface area contributed by atoms with Gasteiger partial charge in [0.1, 0.15) is 5.02 Å². The summed E-state index contributed by atoms with van der Waals surface area (Å²) in [5, 5.41) is 0.971. The van der Waals surface area contributed by atoms with Crippen LogP contribution in [0.3, 0.4) is 0 Å². The fourth-order valence-corrected chi connectivity index (χ4v) is 3.43. The van der Waals surface area contributed by atoms with Crippen molar-refractivity contribution >= 4 is 22.5 Å². The largest absolute Gasteiger partial charge is 0.342 e. The second-order valence-electron chi connectivity index (χ2n) is 5.96. The third-order valence-electron chi connectivity index (χ3n) is 4.51. The van der Waals surface area contributed by atoms with E-state index >= 15 is 0 Å². The number of halogens is 1. The van der Waals surface area contributed by atoms with Crippen LogP contribution in [0.25, 0.3) is 22.0 Å². The summed E-state index contributed by atoms with van der Waals surface area (Å²) in [5.74, 6) is 0. The van der Waals surface area contributed by atoms with Crippen molar-refractivity contribution in [3.63, 3.8) is 0 Å². The molecular weight excluding hydrogens is 322 g/mol. The standard InChI is InChI=1S/C20H14ClNO2/c1-12-6-2-3-7-13(12)10-22-11-15(14-8-4-5-9-16(14)22)17-18(21)20(24)19(17)23/h2-9,11H,10H2,1H3. The topological polar surface area (TPSA) is 39.1 Å². The van der Waals surface area contributed by atoms with Crippen LogP contribution in [0.15, 0.2) is 64.3 Å². The first kappa shape index (κ1) is 14.9. The summed E-state index contributed by atoms with van der Waals surface area (Å²) < 4.78 is 2.10. The SMILES string of the molecule is Cc1ccccc1Cn1cc(-c2c(Cl)c(=O)c2=O)c2ccccc21. The van der Waals surface area contributed by atoms with Crippen molar-refractivity contribution < 1.29 is 0 Å². The number of hydrogen-bond acceptors (Lipinski definition) is 2. The van der Waals surface area contributed by atoms with Gasteiger partial charge in [0.2, 0.25) is 10.9 Å². The van der Waals surface area contributed by atoms with Crippen molar-refractivity contribution in [2.24, 2.45) is 0 Å². The number of fused-ring (bicyclic) bond motifs is 1. The third kappa shape index (κ3) is 2.13. The second-order valence-corrected chi connectivity index (χ2v) is 6.34. The molecule has 0 fully saturated rings. The van der Waals surface area contributed by atoms with Crippen molar-refractivity contribution in [1.29, 1.82) is 0 Å². The van der Waals surface area contributed by atoms with Crippen LogP contribution in [-0.4, -0.2) is 4.57 Å². The molecule has 24 heavy (non-hydrogen) atoms. The Labute approximate surface area is 143 Å². The highest BCUT2D eigenvalue weighted by molar-refractivity contribution is 6.34. The van der Waals surface area contributed by atoms with E-state index in [1.165, 1.54) is 11.1 Å². The highest BCUT2D eigenvalue weighted by Crippen LogP contribution is 2.33. The van der Waals surface area contributed by atoms with E-state index in [1.807, 2.05) is 42.6 Å². The molecule has 0 amide bonds. The lowest BCUT2D eigenvalue weighted by Crippen LogP contribution is -2.33. The van der Waals surface area contributed by atoms with Crippen molar-refractivity contribution in [2.75, 3.05) is 0 Å². The Hall–Kier alpha value is -2.65. The highest BCUT2D eigenvalue weighted by atomic mass is 35.5. The fourth-order valence-electron chi connectivity index (χ4n) is 3.15. The van der Waals surface area contributed by atoms with Crippen molar-refractivity contribution in [3.8, 4) is 11.1 Å². The molecule has 118 valence electrons. The predicted molar refractivity (Wildman–Crippen MR) is 97.6 cm³/mol. The van der Waals surface area contributed by atoms with Gasteiger partial charge in [-0.1, -0.05) is 54.1 Å². The highest BCUT2D eigenvalue weighted by Gasteiger charge is 2.23. The lowest BCUT2D eigenvalue weighted by molar-refractivity contribution is 0.831. The van der Waals surface area contributed by atoms with Gasteiger partial charge in [-0.15, -0.1) is 0 Å². The van der Waals surface area contributed by atoms with Gasteiger partial charge in [-0.2, -0.15) is 0 Å². The molecule has 0 aliphatic carbocycles. The van der Waals surface area contributed by atoms with E-state index in [4.69, 9.17) is 11.6 Å². The molecule has 0 spiro atoms. The Bertz CT molecular complexity index is 1150. The second kappa shape index (κ2) is 5.46. The van der Waals surface area contributed by atoms with Crippen LogP contribution in [0.2, 0.25) is 5.02 Å². The van der Waals surface area contributed by atoms with E-state index in [1.54, 1.807) is 0 Å². The van der Waals surface area contributed by atoms with Gasteiger partial charge in [-0.25, -0.2) is 0 Å². The van der Waals surface area contributed by atoms with Crippen molar-refractivity contribution in [2.45, 2.75) is 13.5 Å². The van der Waals surface area contributed by atoms with Crippen LogP contribution in [0.4, 0.5) is 0 Å². The van der Waals surface area contributed by atoms with E-state index < -0.39 is 10.9 Å². The lowest BCUT2D eigenvalue weighted by atomic mass is 10.0. The Morgan fingerprint density at radius 1 is 0.958 bits per heavy atom. The first-order valence-electron chi connectivity index (χ1n) is 7.69. The van der Waals surface area contributed by atoms with E-state index in [-0.39, 0.29) is 5.02 Å². The molecule has 0 atom stereocenters. The maximum atomic E-state index is 11.9. The molecule has 1 heterocycles. The van der Waals surface area contributed by atoms with Gasteiger partial charge in [-0.05, 0) is 24.1 Å². The summed E-state index contributed by atoms with van der Waals surface area (Å²) in [6.45, 7) is 2.77. The molecule has 0 bridgehead atoms. The summed E-state index contributed by atoms with van der Waals surface area (Å²) >= 11 is 5.99. The molecule has 0 saturated heterocycles. The van der Waals surface area contributed by atoms with Gasteiger partial charge in [0.15, 0.2) is 0 Å². The average molecular weight is 336 g/mol. The van der Waals surface area contributed by atoms with E-state index in [0.29, 0.717) is 12.1 Å². The number of aryl methyl sites for hydroxylation is 1. The summed E-state index contributed by atoms with van der Waals surface area (Å²) in [6.07, 6.45) is 1.92. The maximum Gasteiger partial charge on any atom is 0.245 e. The molecule has 3 nitrogen and oxygen atoms in total. The van der Waals surface area contributed by atoms with E-state index in [9.17, 15) is 9.59 Å². The summed E-state index contributed by atoms with van der Waals surface area (Å²) in [6, 6.07) is 16.0. The third-order valence-corrected chi connectivity index (χ3v) is 4.87. The molecule has 0 aliphatic heterocycles. The Kier molecular flexibility index (Phi) is 3.39. The molecule has 4 rings (SSSR count). The van der Waals surface area contributed by atoms with Gasteiger partial charge in [0, 0.05) is 29.2 Å². The first-order valence-corrected chi connectivity index (χ1v) is 8.07. The molecule has 3 aromatic carbocycles. The van der Waals surface area contributed by atoms with E-state index in [2.05, 4.69) is 23.6 Å². The number of nitrogens with zero attached hydrogens (tertiary/aromatic N) is 1. The minimum atomic E-state index is -0.595. The monoisotopic (exact) mass is 335 g/mol. The number of hydrogen-bond donors (Lipinski definition) is 0. The number of rotatable bonds is 3. The predicted octanol–water partition coefficient (Wildman–Crippen LogP) is 3.91. The molecule has 0 saturated carbocycles. The number of para-hydroxylation sites is 1. The number of benzene rings is 2. The van der Waals surface area contributed by atoms with Crippen LogP contribution >= 0.6 is 11.6 Å². The smallest absolute Gasteiger partial charge is 0.245 e. The van der Waals surface area contributed by atoms with Gasteiger partial charge < -0.3 is 4.57 Å². The zero-order valence-corrected chi connectivity index (χ0v) is 13.8. The summed E-state index contributed by atoms with van der Waals surface area (Å²) in [7, 11) is 0. The Balaban J connectivity index is 1.91. The first-order chi connectivity index (χ1) is 11.6. The summed E-state index contributed by atoms with van der Waals surface area (Å²) in [5.41, 5.74) is 3.40. The fraction of sp³-hybridized carbons (Fsp3) is 0.100. The van der Waals surface area contributed by atoms with Crippen LogP contribution in [0, 0.1) is 6.92 Å². The Morgan fingerprint density at radius 3 is 2.42 bits per heavy atom. The molecule has 4 heteroatoms. The van der Waals surface area contributed by atoms with Gasteiger partial charge >= 0.3 is 0 Å². The minimum absolute atomic E-state index is 0.0406. The molecule has 0 aliphatic rings. The molecule has 0 radical (unpaired) electrons. The maximum absolute atomic E-state index is 11.9. The summed E-state index contributed by atoms with van der Waals surface area (Å²) in [4.78, 5) is 23.4. The van der Waals surface area contributed by atoms with Crippen molar-refractivity contribution in [3.05, 3.63) is 91.3 Å².